The SMILES string of the molecule is CN1CCC(c2ccc(C(=O)[O-])cc2F)CC1.[Li+]. The second kappa shape index (κ2) is 6.38. The Morgan fingerprint density at radius 3 is 2.50 bits per heavy atom. The van der Waals surface area contributed by atoms with Gasteiger partial charge in [0, 0.05) is 5.56 Å². The fourth-order valence-electron chi connectivity index (χ4n) is 2.30. The number of hydrogen-bond donors (Lipinski definition) is 0. The summed E-state index contributed by atoms with van der Waals surface area (Å²) in [7, 11) is 2.05. The van der Waals surface area contributed by atoms with Crippen molar-refractivity contribution in [2.75, 3.05) is 20.1 Å². The topological polar surface area (TPSA) is 43.4 Å². The number of aromatic carboxylic acids is 1. The van der Waals surface area contributed by atoms with Gasteiger partial charge in [0.25, 0.3) is 0 Å². The van der Waals surface area contributed by atoms with E-state index in [9.17, 15) is 14.3 Å². The van der Waals surface area contributed by atoms with Gasteiger partial charge >= 0.3 is 18.9 Å². The van der Waals surface area contributed by atoms with E-state index >= 15 is 0 Å². The average Bonchev–Trinajstić information content (AvgIpc) is 2.30. The van der Waals surface area contributed by atoms with Crippen molar-refractivity contribution < 1.29 is 33.2 Å². The van der Waals surface area contributed by atoms with Gasteiger partial charge in [-0.05, 0) is 50.5 Å². The molecular weight excluding hydrogens is 228 g/mol. The van der Waals surface area contributed by atoms with Crippen molar-refractivity contribution in [3.8, 4) is 0 Å². The number of carboxylic acid groups (broad SMARTS) is 1. The molecule has 1 fully saturated rings. The Hall–Kier alpha value is -0.823. The standard InChI is InChI=1S/C13H16FNO2.Li/c1-15-6-4-9(5-7-15)11-3-2-10(13(16)17)8-12(11)14;/h2-3,8-9H,4-7H2,1H3,(H,16,17);/q;+1/p-1. The molecule has 0 atom stereocenters. The normalized spacial score (nSPS) is 17.2. The van der Waals surface area contributed by atoms with Crippen molar-refractivity contribution in [1.29, 1.82) is 0 Å². The zero-order valence-corrected chi connectivity index (χ0v) is 10.8. The smallest absolute Gasteiger partial charge is 0.545 e. The van der Waals surface area contributed by atoms with Gasteiger partial charge in [-0.1, -0.05) is 12.1 Å². The molecule has 0 aliphatic carbocycles. The Morgan fingerprint density at radius 2 is 2.00 bits per heavy atom. The van der Waals surface area contributed by atoms with Crippen molar-refractivity contribution in [1.82, 2.24) is 4.90 Å². The number of nitrogens with zero attached hydrogens (tertiary/aromatic N) is 1. The van der Waals surface area contributed by atoms with Gasteiger partial charge in [-0.15, -0.1) is 0 Å². The molecule has 1 saturated heterocycles. The van der Waals surface area contributed by atoms with Crippen LogP contribution in [0.5, 0.6) is 0 Å². The molecule has 0 bridgehead atoms. The summed E-state index contributed by atoms with van der Waals surface area (Å²) >= 11 is 0. The minimum Gasteiger partial charge on any atom is -0.545 e. The van der Waals surface area contributed by atoms with Gasteiger partial charge in [0.05, 0.1) is 5.97 Å². The predicted molar refractivity (Wildman–Crippen MR) is 60.2 cm³/mol. The molecule has 2 rings (SSSR count). The number of benzene rings is 1. The molecule has 1 heterocycles. The third kappa shape index (κ3) is 3.35. The molecular formula is C13H15FLiNO2. The number of piperidine rings is 1. The van der Waals surface area contributed by atoms with E-state index in [2.05, 4.69) is 4.90 Å². The molecule has 0 unspecified atom stereocenters. The Balaban J connectivity index is 0.00000162. The monoisotopic (exact) mass is 243 g/mol. The van der Waals surface area contributed by atoms with Crippen LogP contribution in [0.2, 0.25) is 0 Å². The molecule has 1 aromatic carbocycles. The maximum absolute atomic E-state index is 13.8. The molecule has 0 spiro atoms. The molecule has 92 valence electrons. The van der Waals surface area contributed by atoms with Crippen molar-refractivity contribution in [2.24, 2.45) is 0 Å². The zero-order chi connectivity index (χ0) is 12.4. The first-order chi connectivity index (χ1) is 8.08. The maximum atomic E-state index is 13.8. The first kappa shape index (κ1) is 15.2. The maximum Gasteiger partial charge on any atom is 1.00 e. The van der Waals surface area contributed by atoms with Crippen LogP contribution in [0.3, 0.4) is 0 Å². The van der Waals surface area contributed by atoms with E-state index < -0.39 is 11.8 Å². The van der Waals surface area contributed by atoms with Crippen molar-refractivity contribution >= 4 is 5.97 Å². The van der Waals surface area contributed by atoms with E-state index in [1.54, 1.807) is 6.07 Å². The second-order valence-corrected chi connectivity index (χ2v) is 4.60. The van der Waals surface area contributed by atoms with E-state index in [0.29, 0.717) is 5.56 Å². The quantitative estimate of drug-likeness (QED) is 0.564. The fraction of sp³-hybridized carbons (Fsp3) is 0.462. The van der Waals surface area contributed by atoms with Gasteiger partial charge < -0.3 is 14.8 Å². The Morgan fingerprint density at radius 1 is 1.39 bits per heavy atom. The van der Waals surface area contributed by atoms with E-state index in [1.807, 2.05) is 7.05 Å². The van der Waals surface area contributed by atoms with Crippen LogP contribution in [0.25, 0.3) is 0 Å². The zero-order valence-electron chi connectivity index (χ0n) is 10.8. The largest absolute Gasteiger partial charge is 1.00 e. The minimum absolute atomic E-state index is 0. The number of carboxylic acids is 1. The average molecular weight is 243 g/mol. The molecule has 0 N–H and O–H groups in total. The fourth-order valence-corrected chi connectivity index (χ4v) is 2.30. The van der Waals surface area contributed by atoms with Crippen LogP contribution in [-0.4, -0.2) is 31.0 Å². The van der Waals surface area contributed by atoms with Gasteiger partial charge in [0.1, 0.15) is 5.82 Å². The van der Waals surface area contributed by atoms with Gasteiger partial charge in [0.15, 0.2) is 0 Å². The summed E-state index contributed by atoms with van der Waals surface area (Å²) in [6.45, 7) is 1.90. The van der Waals surface area contributed by atoms with Crippen LogP contribution in [0, 0.1) is 5.82 Å². The Labute approximate surface area is 118 Å². The van der Waals surface area contributed by atoms with Gasteiger partial charge in [0.2, 0.25) is 0 Å². The molecule has 3 nitrogen and oxygen atoms in total. The first-order valence-corrected chi connectivity index (χ1v) is 5.77. The van der Waals surface area contributed by atoms with E-state index in [4.69, 9.17) is 0 Å². The summed E-state index contributed by atoms with van der Waals surface area (Å²) in [4.78, 5) is 12.8. The van der Waals surface area contributed by atoms with Crippen LogP contribution in [0.4, 0.5) is 4.39 Å². The number of likely N-dealkylation sites (tertiary alicyclic amines) is 1. The number of hydrogen-bond acceptors (Lipinski definition) is 3. The van der Waals surface area contributed by atoms with Crippen LogP contribution in [0.1, 0.15) is 34.7 Å². The molecule has 1 aliphatic rings. The predicted octanol–water partition coefficient (Wildman–Crippen LogP) is -2.00. The van der Waals surface area contributed by atoms with E-state index in [-0.39, 0.29) is 30.3 Å². The van der Waals surface area contributed by atoms with Gasteiger partial charge in [-0.25, -0.2) is 4.39 Å². The van der Waals surface area contributed by atoms with Crippen LogP contribution in [0.15, 0.2) is 18.2 Å². The Kier molecular flexibility index (Phi) is 5.40. The van der Waals surface area contributed by atoms with Gasteiger partial charge in [-0.3, -0.25) is 0 Å². The van der Waals surface area contributed by atoms with Gasteiger partial charge in [-0.2, -0.15) is 0 Å². The number of rotatable bonds is 2. The first-order valence-electron chi connectivity index (χ1n) is 5.77. The summed E-state index contributed by atoms with van der Waals surface area (Å²) in [5.41, 5.74) is 0.530. The minimum atomic E-state index is -1.33. The summed E-state index contributed by atoms with van der Waals surface area (Å²) in [6, 6.07) is 4.06. The van der Waals surface area contributed by atoms with Crippen molar-refractivity contribution in [2.45, 2.75) is 18.8 Å². The molecule has 1 aliphatic heterocycles. The summed E-state index contributed by atoms with van der Waals surface area (Å²) in [5, 5.41) is 10.6. The van der Waals surface area contributed by atoms with Crippen molar-refractivity contribution in [3.05, 3.63) is 35.1 Å². The third-order valence-corrected chi connectivity index (χ3v) is 3.39. The number of carbonyl (C=O) groups is 1. The van der Waals surface area contributed by atoms with Crippen LogP contribution >= 0.6 is 0 Å². The molecule has 0 amide bonds. The Bertz CT molecular complexity index is 431. The summed E-state index contributed by atoms with van der Waals surface area (Å²) in [6.07, 6.45) is 1.83. The van der Waals surface area contributed by atoms with Crippen LogP contribution < -0.4 is 24.0 Å². The molecule has 5 heteroatoms. The molecule has 1 aromatic rings. The van der Waals surface area contributed by atoms with Crippen molar-refractivity contribution in [3.63, 3.8) is 0 Å². The molecule has 18 heavy (non-hydrogen) atoms. The number of halogens is 1. The summed E-state index contributed by atoms with van der Waals surface area (Å²) < 4.78 is 13.8. The molecule has 0 aromatic heterocycles. The summed E-state index contributed by atoms with van der Waals surface area (Å²) in [5.74, 6) is -1.57. The molecule has 0 saturated carbocycles. The molecule has 0 radical (unpaired) electrons. The van der Waals surface area contributed by atoms with Crippen LogP contribution in [-0.2, 0) is 0 Å². The third-order valence-electron chi connectivity index (χ3n) is 3.39. The van der Waals surface area contributed by atoms with E-state index in [0.717, 1.165) is 32.0 Å². The number of carbonyl (C=O) groups excluding carboxylic acids is 1. The second-order valence-electron chi connectivity index (χ2n) is 4.60. The van der Waals surface area contributed by atoms with E-state index in [1.165, 1.54) is 6.07 Å².